The average molecular weight is 461 g/mol. The Morgan fingerprint density at radius 3 is 2.58 bits per heavy atom. The topological polar surface area (TPSA) is 125 Å². The fourth-order valence-electron chi connectivity index (χ4n) is 3.37. The molecule has 0 radical (unpaired) electrons. The van der Waals surface area contributed by atoms with Crippen LogP contribution in [0.15, 0.2) is 48.9 Å². The van der Waals surface area contributed by atoms with Gasteiger partial charge in [-0.3, -0.25) is 4.79 Å². The predicted octanol–water partition coefficient (Wildman–Crippen LogP) is 3.10. The van der Waals surface area contributed by atoms with Gasteiger partial charge >= 0.3 is 12.3 Å². The van der Waals surface area contributed by atoms with Crippen molar-refractivity contribution in [3.8, 4) is 5.82 Å². The van der Waals surface area contributed by atoms with Gasteiger partial charge in [0.05, 0.1) is 17.4 Å². The molecule has 0 spiro atoms. The summed E-state index contributed by atoms with van der Waals surface area (Å²) in [6.07, 6.45) is -1.55. The van der Waals surface area contributed by atoms with Gasteiger partial charge in [-0.2, -0.15) is 18.3 Å². The molecule has 1 unspecified atom stereocenters. The molecule has 1 aliphatic heterocycles. The van der Waals surface area contributed by atoms with Crippen LogP contribution in [-0.4, -0.2) is 60.9 Å². The Balaban J connectivity index is 1.47. The van der Waals surface area contributed by atoms with Crippen molar-refractivity contribution in [2.75, 3.05) is 23.7 Å². The number of carbonyl (C=O) groups excluding carboxylic acids is 1. The molecule has 1 saturated heterocycles. The van der Waals surface area contributed by atoms with Crippen LogP contribution < -0.4 is 10.6 Å². The molecule has 3 aromatic heterocycles. The van der Waals surface area contributed by atoms with Gasteiger partial charge in [0, 0.05) is 31.5 Å². The second kappa shape index (κ2) is 8.76. The summed E-state index contributed by atoms with van der Waals surface area (Å²) in [6, 6.07) is 7.56. The second-order valence-electron chi connectivity index (χ2n) is 7.27. The average Bonchev–Trinajstić information content (AvgIpc) is 3.43. The Hall–Kier alpha value is -4.16. The quantitative estimate of drug-likeness (QED) is 0.533. The van der Waals surface area contributed by atoms with Crippen LogP contribution >= 0.6 is 0 Å². The smallest absolute Gasteiger partial charge is 0.435 e. The van der Waals surface area contributed by atoms with Crippen molar-refractivity contribution in [1.82, 2.24) is 24.6 Å². The molecular formula is C20H18F3N7O3. The van der Waals surface area contributed by atoms with E-state index in [0.29, 0.717) is 25.3 Å². The highest BCUT2D eigenvalue weighted by molar-refractivity contribution is 6.05. The van der Waals surface area contributed by atoms with E-state index in [4.69, 9.17) is 5.11 Å². The number of carbonyl (C=O) groups is 2. The van der Waals surface area contributed by atoms with Crippen molar-refractivity contribution in [2.45, 2.75) is 18.6 Å². The lowest BCUT2D eigenvalue weighted by atomic mass is 10.2. The summed E-state index contributed by atoms with van der Waals surface area (Å²) < 4.78 is 41.3. The van der Waals surface area contributed by atoms with Crippen LogP contribution in [0.1, 0.15) is 22.5 Å². The van der Waals surface area contributed by atoms with Gasteiger partial charge in [-0.15, -0.1) is 0 Å². The lowest BCUT2D eigenvalue weighted by Gasteiger charge is -2.14. The molecule has 4 rings (SSSR count). The molecule has 3 N–H and O–H groups in total. The summed E-state index contributed by atoms with van der Waals surface area (Å²) in [6.45, 7) is 0.727. The number of nitrogens with zero attached hydrogens (tertiary/aromatic N) is 5. The Morgan fingerprint density at radius 1 is 1.15 bits per heavy atom. The first-order valence-corrected chi connectivity index (χ1v) is 9.81. The van der Waals surface area contributed by atoms with E-state index in [0.717, 1.165) is 10.9 Å². The molecule has 33 heavy (non-hydrogen) atoms. The maximum absolute atomic E-state index is 13.5. The zero-order valence-corrected chi connectivity index (χ0v) is 17.0. The van der Waals surface area contributed by atoms with E-state index in [1.54, 1.807) is 18.2 Å². The van der Waals surface area contributed by atoms with Crippen molar-refractivity contribution in [3.63, 3.8) is 0 Å². The predicted molar refractivity (Wildman–Crippen MR) is 110 cm³/mol. The molecule has 172 valence electrons. The molecule has 0 aromatic carbocycles. The molecule has 3 aromatic rings. The zero-order chi connectivity index (χ0) is 23.6. The molecule has 10 nitrogen and oxygen atoms in total. The number of alkyl halides is 3. The number of amides is 2. The van der Waals surface area contributed by atoms with Crippen LogP contribution in [0, 0.1) is 0 Å². The number of anilines is 2. The SMILES string of the molecule is O=C(Nc1ccc(NC2CCN(C(=O)O)C2)nc1)c1cn(-c2ccccn2)nc1C(F)(F)F. The zero-order valence-electron chi connectivity index (χ0n) is 17.0. The van der Waals surface area contributed by atoms with E-state index >= 15 is 0 Å². The highest BCUT2D eigenvalue weighted by Crippen LogP contribution is 2.31. The highest BCUT2D eigenvalue weighted by atomic mass is 19.4. The monoisotopic (exact) mass is 461 g/mol. The summed E-state index contributed by atoms with van der Waals surface area (Å²) >= 11 is 0. The fourth-order valence-corrected chi connectivity index (χ4v) is 3.37. The molecule has 4 heterocycles. The molecular weight excluding hydrogens is 443 g/mol. The van der Waals surface area contributed by atoms with Gasteiger partial charge in [0.1, 0.15) is 5.82 Å². The van der Waals surface area contributed by atoms with Crippen molar-refractivity contribution in [1.29, 1.82) is 0 Å². The fraction of sp³-hybridized carbons (Fsp3) is 0.250. The van der Waals surface area contributed by atoms with Gasteiger partial charge in [0.25, 0.3) is 5.91 Å². The Kier molecular flexibility index (Phi) is 5.85. The molecule has 1 atom stereocenters. The number of hydrogen-bond acceptors (Lipinski definition) is 6. The minimum Gasteiger partial charge on any atom is -0.465 e. The normalized spacial score (nSPS) is 16.0. The summed E-state index contributed by atoms with van der Waals surface area (Å²) in [5.74, 6) is -0.420. The van der Waals surface area contributed by atoms with E-state index in [1.807, 2.05) is 0 Å². The maximum atomic E-state index is 13.5. The number of nitrogens with one attached hydrogen (secondary N) is 2. The van der Waals surface area contributed by atoms with Crippen LogP contribution in [0.3, 0.4) is 0 Å². The molecule has 0 aliphatic carbocycles. The lowest BCUT2D eigenvalue weighted by Crippen LogP contribution is -2.30. The Morgan fingerprint density at radius 2 is 1.97 bits per heavy atom. The van der Waals surface area contributed by atoms with E-state index in [-0.39, 0.29) is 17.5 Å². The van der Waals surface area contributed by atoms with Crippen LogP contribution in [0.25, 0.3) is 5.82 Å². The largest absolute Gasteiger partial charge is 0.465 e. The summed E-state index contributed by atoms with van der Waals surface area (Å²) in [5, 5.41) is 18.0. The summed E-state index contributed by atoms with van der Waals surface area (Å²) in [7, 11) is 0. The molecule has 0 saturated carbocycles. The second-order valence-corrected chi connectivity index (χ2v) is 7.27. The maximum Gasteiger partial charge on any atom is 0.435 e. The minimum atomic E-state index is -4.84. The summed E-state index contributed by atoms with van der Waals surface area (Å²) in [5.41, 5.74) is -1.81. The number of halogens is 3. The van der Waals surface area contributed by atoms with Gasteiger partial charge in [0.15, 0.2) is 11.5 Å². The van der Waals surface area contributed by atoms with E-state index in [2.05, 4.69) is 25.7 Å². The van der Waals surface area contributed by atoms with Gasteiger partial charge in [-0.1, -0.05) is 6.07 Å². The third-order valence-electron chi connectivity index (χ3n) is 4.94. The van der Waals surface area contributed by atoms with Crippen molar-refractivity contribution in [2.24, 2.45) is 0 Å². The van der Waals surface area contributed by atoms with Crippen LogP contribution in [0.2, 0.25) is 0 Å². The third kappa shape index (κ3) is 5.02. The van der Waals surface area contributed by atoms with Crippen LogP contribution in [0.5, 0.6) is 0 Å². The standard InChI is InChI=1S/C20H18F3N7O3/c21-20(22,23)17-14(11-30(28-17)16-3-1-2-7-24-16)18(31)27-12-4-5-15(25-9-12)26-13-6-8-29(10-13)19(32)33/h1-5,7,9,11,13H,6,8,10H2,(H,25,26)(H,27,31)(H,32,33). The van der Waals surface area contributed by atoms with Crippen molar-refractivity contribution in [3.05, 3.63) is 60.2 Å². The first-order chi connectivity index (χ1) is 15.7. The van der Waals surface area contributed by atoms with Gasteiger partial charge in [-0.25, -0.2) is 19.4 Å². The Labute approximate surface area is 185 Å². The molecule has 1 aliphatic rings. The number of carboxylic acid groups (broad SMARTS) is 1. The first kappa shape index (κ1) is 22.0. The summed E-state index contributed by atoms with van der Waals surface area (Å²) in [4.78, 5) is 33.0. The van der Waals surface area contributed by atoms with E-state index < -0.39 is 29.4 Å². The van der Waals surface area contributed by atoms with Crippen LogP contribution in [0.4, 0.5) is 29.5 Å². The number of aromatic nitrogens is 4. The number of likely N-dealkylation sites (tertiary alicyclic amines) is 1. The number of pyridine rings is 2. The first-order valence-electron chi connectivity index (χ1n) is 9.81. The number of hydrogen-bond donors (Lipinski definition) is 3. The molecule has 1 fully saturated rings. The van der Waals surface area contributed by atoms with Crippen molar-refractivity contribution < 1.29 is 27.9 Å². The lowest BCUT2D eigenvalue weighted by molar-refractivity contribution is -0.141. The minimum absolute atomic E-state index is 0.110. The van der Waals surface area contributed by atoms with E-state index in [9.17, 15) is 22.8 Å². The van der Waals surface area contributed by atoms with Gasteiger partial charge < -0.3 is 20.6 Å². The van der Waals surface area contributed by atoms with Gasteiger partial charge in [0.2, 0.25) is 0 Å². The van der Waals surface area contributed by atoms with Gasteiger partial charge in [-0.05, 0) is 30.7 Å². The number of rotatable bonds is 5. The molecule has 0 bridgehead atoms. The van der Waals surface area contributed by atoms with Crippen LogP contribution in [-0.2, 0) is 6.18 Å². The highest BCUT2D eigenvalue weighted by Gasteiger charge is 2.39. The van der Waals surface area contributed by atoms with E-state index in [1.165, 1.54) is 29.4 Å². The third-order valence-corrected chi connectivity index (χ3v) is 4.94. The Bertz CT molecular complexity index is 1150. The van der Waals surface area contributed by atoms with Crippen molar-refractivity contribution >= 4 is 23.5 Å². The molecule has 2 amide bonds. The molecule has 13 heteroatoms.